The normalized spacial score (nSPS) is 15.3. The molecule has 3 N–H and O–H groups in total. The summed E-state index contributed by atoms with van der Waals surface area (Å²) in [6.07, 6.45) is 2.92. The molecule has 0 bridgehead atoms. The number of carbonyl (C=O) groups excluding carboxylic acids is 2. The van der Waals surface area contributed by atoms with Crippen LogP contribution in [0, 0.1) is 18.3 Å². The number of aromatic nitrogens is 4. The predicted octanol–water partition coefficient (Wildman–Crippen LogP) is 3.39. The molecule has 38 heavy (non-hydrogen) atoms. The van der Waals surface area contributed by atoms with Crippen molar-refractivity contribution in [3.05, 3.63) is 71.5 Å². The summed E-state index contributed by atoms with van der Waals surface area (Å²) in [5.41, 5.74) is 10.9. The number of amides is 2. The number of carbonyl (C=O) groups is 2. The number of nitrogens with one attached hydrogen (secondary N) is 1. The second kappa shape index (κ2) is 10.7. The van der Waals surface area contributed by atoms with Crippen LogP contribution in [-0.2, 0) is 11.3 Å². The quantitative estimate of drug-likeness (QED) is 0.406. The van der Waals surface area contributed by atoms with Crippen LogP contribution in [0.2, 0.25) is 0 Å². The van der Waals surface area contributed by atoms with E-state index in [-0.39, 0.29) is 24.3 Å². The summed E-state index contributed by atoms with van der Waals surface area (Å²) in [5, 5.41) is 17.5. The van der Waals surface area contributed by atoms with Gasteiger partial charge in [0.05, 0.1) is 17.5 Å². The van der Waals surface area contributed by atoms with Crippen molar-refractivity contribution < 1.29 is 9.59 Å². The number of piperidine rings is 1. The molecule has 0 radical (unpaired) electrons. The molecular weight excluding hydrogens is 480 g/mol. The van der Waals surface area contributed by atoms with E-state index in [1.807, 2.05) is 66.2 Å². The van der Waals surface area contributed by atoms with Crippen LogP contribution in [0.3, 0.4) is 0 Å². The molecule has 10 nitrogen and oxygen atoms in total. The lowest BCUT2D eigenvalue weighted by atomic mass is 10.1. The molecule has 0 saturated carbocycles. The highest BCUT2D eigenvalue weighted by Gasteiger charge is 2.28. The zero-order valence-corrected chi connectivity index (χ0v) is 21.1. The van der Waals surface area contributed by atoms with Crippen molar-refractivity contribution in [1.82, 2.24) is 30.0 Å². The molecule has 1 aliphatic heterocycles. The highest BCUT2D eigenvalue weighted by molar-refractivity contribution is 5.98. The third-order valence-corrected chi connectivity index (χ3v) is 6.91. The molecule has 3 heterocycles. The van der Waals surface area contributed by atoms with E-state index in [0.29, 0.717) is 47.7 Å². The molecule has 1 fully saturated rings. The van der Waals surface area contributed by atoms with Crippen molar-refractivity contribution >= 4 is 28.7 Å². The van der Waals surface area contributed by atoms with Crippen molar-refractivity contribution in [2.45, 2.75) is 38.8 Å². The molecule has 10 heteroatoms. The van der Waals surface area contributed by atoms with E-state index >= 15 is 0 Å². The first-order valence-electron chi connectivity index (χ1n) is 12.5. The minimum absolute atomic E-state index is 0.0899. The minimum atomic E-state index is -0.173. The van der Waals surface area contributed by atoms with Crippen LogP contribution in [0.5, 0.6) is 0 Å². The van der Waals surface area contributed by atoms with Gasteiger partial charge in [-0.1, -0.05) is 42.5 Å². The number of hydrogen-bond donors (Lipinski definition) is 2. The van der Waals surface area contributed by atoms with E-state index in [1.165, 1.54) is 6.33 Å². The number of likely N-dealkylation sites (tertiary alicyclic amines) is 1. The van der Waals surface area contributed by atoms with Gasteiger partial charge in [0.1, 0.15) is 24.3 Å². The van der Waals surface area contributed by atoms with Gasteiger partial charge in [-0.3, -0.25) is 9.59 Å². The number of nitriles is 1. The van der Waals surface area contributed by atoms with E-state index in [2.05, 4.69) is 15.3 Å². The summed E-state index contributed by atoms with van der Waals surface area (Å²) in [5.74, 6) is 0.0452. The molecule has 1 aliphatic rings. The number of hydrogen-bond acceptors (Lipinski definition) is 7. The van der Waals surface area contributed by atoms with Gasteiger partial charge in [-0.05, 0) is 37.0 Å². The maximum Gasteiger partial charge on any atom is 0.251 e. The van der Waals surface area contributed by atoms with Gasteiger partial charge in [0.2, 0.25) is 5.91 Å². The van der Waals surface area contributed by atoms with E-state index < -0.39 is 0 Å². The van der Waals surface area contributed by atoms with Crippen molar-refractivity contribution in [3.8, 4) is 17.3 Å². The lowest BCUT2D eigenvalue weighted by molar-refractivity contribution is -0.131. The SMILES string of the molecule is Cc1ccccc1C(=O)NCc1ccc(-c2nn([C@@H]3CCCN(C(=O)CC#N)C3)c3ncnc(N)c23)cc1. The molecule has 1 saturated heterocycles. The van der Waals surface area contributed by atoms with Crippen molar-refractivity contribution in [2.24, 2.45) is 0 Å². The number of rotatable bonds is 6. The zero-order chi connectivity index (χ0) is 26.6. The number of benzene rings is 2. The lowest BCUT2D eigenvalue weighted by Gasteiger charge is -2.32. The standard InChI is InChI=1S/C28H28N8O2/c1-18-5-2-3-7-22(18)28(38)31-15-19-8-10-20(11-9-19)25-24-26(30)32-17-33-27(24)36(34-25)21-6-4-14-35(16-21)23(37)12-13-29/h2-3,5,7-11,17,21H,4,6,12,14-16H2,1H3,(H,31,38)(H2,30,32,33)/t21-/m1/s1. The maximum absolute atomic E-state index is 12.6. The Bertz CT molecular complexity index is 1540. The minimum Gasteiger partial charge on any atom is -0.383 e. The van der Waals surface area contributed by atoms with Crippen LogP contribution in [-0.4, -0.2) is 49.6 Å². The van der Waals surface area contributed by atoms with Crippen LogP contribution in [0.15, 0.2) is 54.9 Å². The third kappa shape index (κ3) is 4.91. The molecule has 0 unspecified atom stereocenters. The summed E-state index contributed by atoms with van der Waals surface area (Å²) in [6.45, 7) is 3.39. The maximum atomic E-state index is 12.6. The van der Waals surface area contributed by atoms with Gasteiger partial charge < -0.3 is 16.0 Å². The molecule has 2 aromatic heterocycles. The zero-order valence-electron chi connectivity index (χ0n) is 21.1. The first-order chi connectivity index (χ1) is 18.5. The Morgan fingerprint density at radius 3 is 2.71 bits per heavy atom. The molecule has 2 amide bonds. The van der Waals surface area contributed by atoms with Crippen molar-refractivity contribution in [2.75, 3.05) is 18.8 Å². The average molecular weight is 509 g/mol. The third-order valence-electron chi connectivity index (χ3n) is 6.91. The molecule has 2 aromatic carbocycles. The summed E-state index contributed by atoms with van der Waals surface area (Å²) in [6, 6.07) is 17.1. The van der Waals surface area contributed by atoms with Crippen LogP contribution in [0.25, 0.3) is 22.3 Å². The van der Waals surface area contributed by atoms with Crippen LogP contribution in [0.4, 0.5) is 5.82 Å². The second-order valence-corrected chi connectivity index (χ2v) is 9.42. The van der Waals surface area contributed by atoms with Gasteiger partial charge in [-0.2, -0.15) is 10.4 Å². The monoisotopic (exact) mass is 508 g/mol. The Labute approximate surface area is 220 Å². The fraction of sp³-hybridized carbons (Fsp3) is 0.286. The number of nitrogen functional groups attached to an aromatic ring is 1. The predicted molar refractivity (Wildman–Crippen MR) is 143 cm³/mol. The molecule has 0 aliphatic carbocycles. The average Bonchev–Trinajstić information content (AvgIpc) is 3.33. The Hall–Kier alpha value is -4.78. The second-order valence-electron chi connectivity index (χ2n) is 9.42. The molecular formula is C28H28N8O2. The highest BCUT2D eigenvalue weighted by Crippen LogP contribution is 2.34. The Kier molecular flexibility index (Phi) is 7.00. The fourth-order valence-electron chi connectivity index (χ4n) is 4.90. The van der Waals surface area contributed by atoms with E-state index in [0.717, 1.165) is 29.5 Å². The van der Waals surface area contributed by atoms with Gasteiger partial charge in [-0.25, -0.2) is 14.6 Å². The van der Waals surface area contributed by atoms with Crippen LogP contribution >= 0.6 is 0 Å². The molecule has 5 rings (SSSR count). The van der Waals surface area contributed by atoms with Gasteiger partial charge in [-0.15, -0.1) is 0 Å². The topological polar surface area (TPSA) is 143 Å². The van der Waals surface area contributed by atoms with E-state index in [9.17, 15) is 9.59 Å². The fourth-order valence-corrected chi connectivity index (χ4v) is 4.90. The number of nitrogens with two attached hydrogens (primary N) is 1. The molecule has 1 atom stereocenters. The highest BCUT2D eigenvalue weighted by atomic mass is 16.2. The van der Waals surface area contributed by atoms with Crippen LogP contribution < -0.4 is 11.1 Å². The summed E-state index contributed by atoms with van der Waals surface area (Å²) in [7, 11) is 0. The molecule has 4 aromatic rings. The van der Waals surface area contributed by atoms with Crippen molar-refractivity contribution in [1.29, 1.82) is 5.26 Å². The Balaban J connectivity index is 1.39. The van der Waals surface area contributed by atoms with Gasteiger partial charge in [0, 0.05) is 30.8 Å². The number of fused-ring (bicyclic) bond motifs is 1. The summed E-state index contributed by atoms with van der Waals surface area (Å²) >= 11 is 0. The first-order valence-corrected chi connectivity index (χ1v) is 12.5. The smallest absolute Gasteiger partial charge is 0.251 e. The number of aryl methyl sites for hydroxylation is 1. The Morgan fingerprint density at radius 1 is 1.16 bits per heavy atom. The number of nitrogens with zero attached hydrogens (tertiary/aromatic N) is 6. The molecule has 192 valence electrons. The lowest BCUT2D eigenvalue weighted by Crippen LogP contribution is -2.40. The number of anilines is 1. The summed E-state index contributed by atoms with van der Waals surface area (Å²) < 4.78 is 1.84. The van der Waals surface area contributed by atoms with E-state index in [4.69, 9.17) is 16.1 Å². The Morgan fingerprint density at radius 2 is 1.95 bits per heavy atom. The van der Waals surface area contributed by atoms with Gasteiger partial charge in [0.15, 0.2) is 5.65 Å². The van der Waals surface area contributed by atoms with Gasteiger partial charge in [0.25, 0.3) is 5.91 Å². The molecule has 0 spiro atoms. The van der Waals surface area contributed by atoms with Gasteiger partial charge >= 0.3 is 0 Å². The summed E-state index contributed by atoms with van der Waals surface area (Å²) in [4.78, 5) is 35.3. The largest absolute Gasteiger partial charge is 0.383 e. The van der Waals surface area contributed by atoms with Crippen LogP contribution in [0.1, 0.15) is 46.8 Å². The first kappa shape index (κ1) is 24.9. The van der Waals surface area contributed by atoms with E-state index in [1.54, 1.807) is 4.90 Å². The van der Waals surface area contributed by atoms with Crippen molar-refractivity contribution in [3.63, 3.8) is 0 Å².